The molecule has 13 heavy (non-hydrogen) atoms. The first-order chi connectivity index (χ1) is 6.26. The maximum Gasteiger partial charge on any atom is 0.156 e. The molecular formula is C10H9NO2. The largest absolute Gasteiger partial charge is 0.476 e. The van der Waals surface area contributed by atoms with Crippen LogP contribution in [0.3, 0.4) is 0 Å². The standard InChI is InChI=1S/C10H9NO2/c1-3-8(2)13-10-4-9(7-12)5-11-6-10/h1,4-8H,2H3. The van der Waals surface area contributed by atoms with E-state index >= 15 is 0 Å². The molecule has 0 aliphatic rings. The summed E-state index contributed by atoms with van der Waals surface area (Å²) in [7, 11) is 0. The molecule has 0 saturated heterocycles. The molecule has 1 aromatic heterocycles. The van der Waals surface area contributed by atoms with Gasteiger partial charge < -0.3 is 4.74 Å². The lowest BCUT2D eigenvalue weighted by atomic mass is 10.3. The SMILES string of the molecule is C#CC(C)Oc1cncc(C=O)c1. The van der Waals surface area contributed by atoms with Crippen molar-refractivity contribution in [3.8, 4) is 18.1 Å². The van der Waals surface area contributed by atoms with Gasteiger partial charge in [0.15, 0.2) is 12.4 Å². The molecule has 66 valence electrons. The third kappa shape index (κ3) is 2.60. The summed E-state index contributed by atoms with van der Waals surface area (Å²) >= 11 is 0. The Bertz CT molecular complexity index is 341. The molecule has 0 saturated carbocycles. The Balaban J connectivity index is 2.78. The van der Waals surface area contributed by atoms with Gasteiger partial charge in [-0.15, -0.1) is 6.42 Å². The molecule has 3 heteroatoms. The molecule has 0 radical (unpaired) electrons. The number of ether oxygens (including phenoxy) is 1. The van der Waals surface area contributed by atoms with Crippen LogP contribution in [0.5, 0.6) is 5.75 Å². The van der Waals surface area contributed by atoms with Crippen molar-refractivity contribution < 1.29 is 9.53 Å². The summed E-state index contributed by atoms with van der Waals surface area (Å²) in [5.41, 5.74) is 0.474. The summed E-state index contributed by atoms with van der Waals surface area (Å²) in [6, 6.07) is 1.59. The van der Waals surface area contributed by atoms with Crippen LogP contribution in [0.2, 0.25) is 0 Å². The summed E-state index contributed by atoms with van der Waals surface area (Å²) in [5, 5.41) is 0. The van der Waals surface area contributed by atoms with E-state index in [0.29, 0.717) is 17.6 Å². The van der Waals surface area contributed by atoms with Gasteiger partial charge in [0.2, 0.25) is 0 Å². The Morgan fingerprint density at radius 3 is 3.08 bits per heavy atom. The number of rotatable bonds is 3. The molecule has 3 nitrogen and oxygen atoms in total. The van der Waals surface area contributed by atoms with Crippen LogP contribution in [-0.2, 0) is 0 Å². The van der Waals surface area contributed by atoms with Crippen molar-refractivity contribution in [3.63, 3.8) is 0 Å². The van der Waals surface area contributed by atoms with Gasteiger partial charge in [-0.05, 0) is 13.0 Å². The summed E-state index contributed by atoms with van der Waals surface area (Å²) in [4.78, 5) is 14.2. The highest BCUT2D eigenvalue weighted by molar-refractivity contribution is 5.74. The number of carbonyl (C=O) groups is 1. The first kappa shape index (κ1) is 9.27. The summed E-state index contributed by atoms with van der Waals surface area (Å²) in [6.07, 6.45) is 8.49. The maximum absolute atomic E-state index is 10.4. The lowest BCUT2D eigenvalue weighted by Crippen LogP contribution is -2.08. The quantitative estimate of drug-likeness (QED) is 0.513. The van der Waals surface area contributed by atoms with Crippen molar-refractivity contribution in [2.24, 2.45) is 0 Å². The van der Waals surface area contributed by atoms with Crippen molar-refractivity contribution in [3.05, 3.63) is 24.0 Å². The zero-order chi connectivity index (χ0) is 9.68. The third-order valence-electron chi connectivity index (χ3n) is 1.42. The zero-order valence-electron chi connectivity index (χ0n) is 7.23. The molecule has 1 atom stereocenters. The Hall–Kier alpha value is -1.82. The van der Waals surface area contributed by atoms with Gasteiger partial charge in [0.1, 0.15) is 5.75 Å². The van der Waals surface area contributed by atoms with Gasteiger partial charge in [-0.25, -0.2) is 0 Å². The van der Waals surface area contributed by atoms with Gasteiger partial charge in [-0.2, -0.15) is 0 Å². The van der Waals surface area contributed by atoms with E-state index in [-0.39, 0.29) is 6.10 Å². The number of nitrogens with zero attached hydrogens (tertiary/aromatic N) is 1. The van der Waals surface area contributed by atoms with Crippen LogP contribution < -0.4 is 4.74 Å². The molecule has 0 aliphatic carbocycles. The number of hydrogen-bond donors (Lipinski definition) is 0. The Morgan fingerprint density at radius 2 is 2.46 bits per heavy atom. The predicted octanol–water partition coefficient (Wildman–Crippen LogP) is 1.29. The van der Waals surface area contributed by atoms with Gasteiger partial charge in [-0.3, -0.25) is 9.78 Å². The van der Waals surface area contributed by atoms with E-state index in [4.69, 9.17) is 11.2 Å². The van der Waals surface area contributed by atoms with E-state index in [1.165, 1.54) is 12.4 Å². The molecule has 0 spiro atoms. The maximum atomic E-state index is 10.4. The van der Waals surface area contributed by atoms with Crippen molar-refractivity contribution in [2.45, 2.75) is 13.0 Å². The van der Waals surface area contributed by atoms with Gasteiger partial charge >= 0.3 is 0 Å². The fourth-order valence-corrected chi connectivity index (χ4v) is 0.803. The third-order valence-corrected chi connectivity index (χ3v) is 1.42. The minimum atomic E-state index is -0.316. The van der Waals surface area contributed by atoms with Crippen LogP contribution in [0.25, 0.3) is 0 Å². The van der Waals surface area contributed by atoms with E-state index in [0.717, 1.165) is 0 Å². The van der Waals surface area contributed by atoms with Crippen LogP contribution in [0.15, 0.2) is 18.5 Å². The number of aromatic nitrogens is 1. The summed E-state index contributed by atoms with van der Waals surface area (Å²) in [5.74, 6) is 2.92. The Labute approximate surface area is 76.8 Å². The van der Waals surface area contributed by atoms with Crippen molar-refractivity contribution in [1.82, 2.24) is 4.98 Å². The number of hydrogen-bond acceptors (Lipinski definition) is 3. The molecule has 1 aromatic rings. The molecular weight excluding hydrogens is 166 g/mol. The molecule has 1 heterocycles. The summed E-state index contributed by atoms with van der Waals surface area (Å²) in [6.45, 7) is 1.74. The first-order valence-corrected chi connectivity index (χ1v) is 3.79. The minimum Gasteiger partial charge on any atom is -0.476 e. The smallest absolute Gasteiger partial charge is 0.156 e. The van der Waals surface area contributed by atoms with E-state index in [1.807, 2.05) is 0 Å². The van der Waals surface area contributed by atoms with Gasteiger partial charge in [-0.1, -0.05) is 5.92 Å². The van der Waals surface area contributed by atoms with Gasteiger partial charge in [0.25, 0.3) is 0 Å². The molecule has 0 bridgehead atoms. The minimum absolute atomic E-state index is 0.316. The average Bonchev–Trinajstić information content (AvgIpc) is 2.18. The monoisotopic (exact) mass is 175 g/mol. The van der Waals surface area contributed by atoms with Gasteiger partial charge in [0, 0.05) is 11.8 Å². The fraction of sp³-hybridized carbons (Fsp3) is 0.200. The predicted molar refractivity (Wildman–Crippen MR) is 48.5 cm³/mol. The summed E-state index contributed by atoms with van der Waals surface area (Å²) < 4.78 is 5.25. The Morgan fingerprint density at radius 1 is 1.69 bits per heavy atom. The zero-order valence-corrected chi connectivity index (χ0v) is 7.23. The number of pyridine rings is 1. The van der Waals surface area contributed by atoms with E-state index in [2.05, 4.69) is 10.9 Å². The van der Waals surface area contributed by atoms with E-state index in [1.54, 1.807) is 13.0 Å². The van der Waals surface area contributed by atoms with Crippen molar-refractivity contribution in [2.75, 3.05) is 0 Å². The molecule has 0 fully saturated rings. The molecule has 0 N–H and O–H groups in total. The highest BCUT2D eigenvalue weighted by Crippen LogP contribution is 2.11. The second-order valence-electron chi connectivity index (χ2n) is 2.50. The first-order valence-electron chi connectivity index (χ1n) is 3.79. The molecule has 1 rings (SSSR count). The normalized spacial score (nSPS) is 11.4. The second-order valence-corrected chi connectivity index (χ2v) is 2.50. The molecule has 0 aliphatic heterocycles. The lowest BCUT2D eigenvalue weighted by molar-refractivity contribution is 0.112. The number of aldehydes is 1. The van der Waals surface area contributed by atoms with E-state index in [9.17, 15) is 4.79 Å². The van der Waals surface area contributed by atoms with E-state index < -0.39 is 0 Å². The Kier molecular flexibility index (Phi) is 3.04. The second kappa shape index (κ2) is 4.27. The van der Waals surface area contributed by atoms with Crippen LogP contribution >= 0.6 is 0 Å². The van der Waals surface area contributed by atoms with Gasteiger partial charge in [0.05, 0.1) is 6.20 Å². The highest BCUT2D eigenvalue weighted by atomic mass is 16.5. The lowest BCUT2D eigenvalue weighted by Gasteiger charge is -2.07. The van der Waals surface area contributed by atoms with Crippen molar-refractivity contribution >= 4 is 6.29 Å². The topological polar surface area (TPSA) is 39.2 Å². The fourth-order valence-electron chi connectivity index (χ4n) is 0.803. The van der Waals surface area contributed by atoms with Crippen LogP contribution in [-0.4, -0.2) is 17.4 Å². The van der Waals surface area contributed by atoms with Crippen LogP contribution in [0.4, 0.5) is 0 Å². The van der Waals surface area contributed by atoms with Crippen LogP contribution in [0.1, 0.15) is 17.3 Å². The molecule has 0 amide bonds. The van der Waals surface area contributed by atoms with Crippen LogP contribution in [0, 0.1) is 12.3 Å². The highest BCUT2D eigenvalue weighted by Gasteiger charge is 2.00. The number of terminal acetylenes is 1. The average molecular weight is 175 g/mol. The number of carbonyl (C=O) groups excluding carboxylic acids is 1. The van der Waals surface area contributed by atoms with Crippen molar-refractivity contribution in [1.29, 1.82) is 0 Å². The molecule has 1 unspecified atom stereocenters. The molecule has 0 aromatic carbocycles.